The molecule has 0 fully saturated rings. The first-order valence-corrected chi connectivity index (χ1v) is 6.87. The van der Waals surface area contributed by atoms with E-state index in [0.717, 1.165) is 23.4 Å². The Hall–Kier alpha value is -1.68. The molecule has 3 nitrogen and oxygen atoms in total. The second kappa shape index (κ2) is 6.18. The van der Waals surface area contributed by atoms with Gasteiger partial charge in [0.15, 0.2) is 0 Å². The van der Waals surface area contributed by atoms with Crippen molar-refractivity contribution in [3.8, 4) is 0 Å². The fourth-order valence-electron chi connectivity index (χ4n) is 2.03. The average molecular weight is 294 g/mol. The van der Waals surface area contributed by atoms with Gasteiger partial charge in [-0.1, -0.05) is 30.7 Å². The summed E-state index contributed by atoms with van der Waals surface area (Å²) < 4.78 is 13.2. The highest BCUT2D eigenvalue weighted by atomic mass is 35.5. The number of anilines is 1. The zero-order valence-electron chi connectivity index (χ0n) is 11.8. The summed E-state index contributed by atoms with van der Waals surface area (Å²) in [5.74, 6) is 1.26. The van der Waals surface area contributed by atoms with E-state index in [1.807, 2.05) is 31.9 Å². The van der Waals surface area contributed by atoms with Gasteiger partial charge in [0.1, 0.15) is 22.6 Å². The van der Waals surface area contributed by atoms with E-state index in [-0.39, 0.29) is 5.82 Å². The average Bonchev–Trinajstić information content (AvgIpc) is 2.41. The SMILES string of the molecule is CCc1nc(Cl)c(C)c(N(C)Cc2cccc(F)c2)n1. The molecule has 1 heterocycles. The third-order valence-corrected chi connectivity index (χ3v) is 3.46. The lowest BCUT2D eigenvalue weighted by Gasteiger charge is -2.21. The van der Waals surface area contributed by atoms with Gasteiger partial charge in [0.25, 0.3) is 0 Å². The number of aromatic nitrogens is 2. The van der Waals surface area contributed by atoms with Crippen molar-refractivity contribution in [2.24, 2.45) is 0 Å². The summed E-state index contributed by atoms with van der Waals surface area (Å²) in [6.45, 7) is 4.44. The minimum atomic E-state index is -0.234. The molecule has 0 amide bonds. The zero-order chi connectivity index (χ0) is 14.7. The van der Waals surface area contributed by atoms with E-state index in [0.29, 0.717) is 17.5 Å². The molecule has 0 aliphatic rings. The van der Waals surface area contributed by atoms with Crippen LogP contribution in [0.15, 0.2) is 24.3 Å². The molecule has 0 aliphatic heterocycles. The van der Waals surface area contributed by atoms with E-state index in [4.69, 9.17) is 11.6 Å². The van der Waals surface area contributed by atoms with E-state index < -0.39 is 0 Å². The van der Waals surface area contributed by atoms with E-state index in [9.17, 15) is 4.39 Å². The summed E-state index contributed by atoms with van der Waals surface area (Å²) in [4.78, 5) is 10.7. The topological polar surface area (TPSA) is 29.0 Å². The number of hydrogen-bond donors (Lipinski definition) is 0. The quantitative estimate of drug-likeness (QED) is 0.804. The first kappa shape index (κ1) is 14.7. The molecule has 2 aromatic rings. The van der Waals surface area contributed by atoms with Crippen LogP contribution < -0.4 is 4.90 Å². The zero-order valence-corrected chi connectivity index (χ0v) is 12.6. The summed E-state index contributed by atoms with van der Waals surface area (Å²) in [6, 6.07) is 6.55. The fourth-order valence-corrected chi connectivity index (χ4v) is 2.22. The van der Waals surface area contributed by atoms with Gasteiger partial charge in [-0.05, 0) is 24.6 Å². The van der Waals surface area contributed by atoms with Crippen molar-refractivity contribution >= 4 is 17.4 Å². The monoisotopic (exact) mass is 293 g/mol. The smallest absolute Gasteiger partial charge is 0.137 e. The Labute approximate surface area is 123 Å². The molecule has 0 radical (unpaired) electrons. The number of halogens is 2. The maximum Gasteiger partial charge on any atom is 0.137 e. The molecule has 0 bridgehead atoms. The van der Waals surface area contributed by atoms with E-state index >= 15 is 0 Å². The van der Waals surface area contributed by atoms with Gasteiger partial charge >= 0.3 is 0 Å². The molecule has 5 heteroatoms. The summed E-state index contributed by atoms with van der Waals surface area (Å²) in [7, 11) is 1.91. The highest BCUT2D eigenvalue weighted by Gasteiger charge is 2.13. The number of hydrogen-bond acceptors (Lipinski definition) is 3. The van der Waals surface area contributed by atoms with Crippen LogP contribution in [0.1, 0.15) is 23.9 Å². The van der Waals surface area contributed by atoms with Crippen molar-refractivity contribution in [3.05, 3.63) is 52.2 Å². The highest BCUT2D eigenvalue weighted by Crippen LogP contribution is 2.24. The lowest BCUT2D eigenvalue weighted by molar-refractivity contribution is 0.625. The third-order valence-electron chi connectivity index (χ3n) is 3.09. The molecule has 20 heavy (non-hydrogen) atoms. The van der Waals surface area contributed by atoms with Crippen LogP contribution in [-0.4, -0.2) is 17.0 Å². The van der Waals surface area contributed by atoms with Crippen molar-refractivity contribution in [1.29, 1.82) is 0 Å². The fraction of sp³-hybridized carbons (Fsp3) is 0.333. The van der Waals surface area contributed by atoms with Crippen LogP contribution in [0.2, 0.25) is 5.15 Å². The molecule has 0 saturated heterocycles. The predicted molar refractivity (Wildman–Crippen MR) is 79.7 cm³/mol. The van der Waals surface area contributed by atoms with E-state index in [1.54, 1.807) is 6.07 Å². The van der Waals surface area contributed by atoms with Crippen LogP contribution in [-0.2, 0) is 13.0 Å². The number of aryl methyl sites for hydroxylation is 1. The summed E-state index contributed by atoms with van der Waals surface area (Å²) in [6.07, 6.45) is 0.723. The summed E-state index contributed by atoms with van der Waals surface area (Å²) in [5, 5.41) is 0.470. The molecule has 0 spiro atoms. The van der Waals surface area contributed by atoms with Gasteiger partial charge in [-0.25, -0.2) is 14.4 Å². The second-order valence-electron chi connectivity index (χ2n) is 4.72. The molecular formula is C15H17ClFN3. The molecule has 0 atom stereocenters. The number of nitrogens with zero attached hydrogens (tertiary/aromatic N) is 3. The Bertz CT molecular complexity index is 616. The van der Waals surface area contributed by atoms with Crippen molar-refractivity contribution in [2.45, 2.75) is 26.8 Å². The van der Waals surface area contributed by atoms with Gasteiger partial charge in [0.05, 0.1) is 0 Å². The molecule has 106 valence electrons. The van der Waals surface area contributed by atoms with Gasteiger partial charge in [-0.15, -0.1) is 0 Å². The lowest BCUT2D eigenvalue weighted by Crippen LogP contribution is -2.20. The Morgan fingerprint density at radius 1 is 1.30 bits per heavy atom. The maximum absolute atomic E-state index is 13.2. The second-order valence-corrected chi connectivity index (χ2v) is 5.08. The van der Waals surface area contributed by atoms with Crippen LogP contribution in [0.5, 0.6) is 0 Å². The van der Waals surface area contributed by atoms with Crippen molar-refractivity contribution in [2.75, 3.05) is 11.9 Å². The maximum atomic E-state index is 13.2. The number of rotatable bonds is 4. The molecule has 0 saturated carbocycles. The van der Waals surface area contributed by atoms with Gasteiger partial charge < -0.3 is 4.90 Å². The van der Waals surface area contributed by atoms with Crippen molar-refractivity contribution < 1.29 is 4.39 Å². The Morgan fingerprint density at radius 2 is 2.05 bits per heavy atom. The van der Waals surface area contributed by atoms with Gasteiger partial charge in [-0.2, -0.15) is 0 Å². The molecule has 0 aliphatic carbocycles. The molecule has 0 unspecified atom stereocenters. The minimum Gasteiger partial charge on any atom is -0.355 e. The minimum absolute atomic E-state index is 0.234. The van der Waals surface area contributed by atoms with Crippen LogP contribution in [0.4, 0.5) is 10.2 Å². The molecule has 0 N–H and O–H groups in total. The predicted octanol–water partition coefficient (Wildman–Crippen LogP) is 3.78. The number of benzene rings is 1. The first-order chi connectivity index (χ1) is 9.51. The molecule has 1 aromatic carbocycles. The van der Waals surface area contributed by atoms with Crippen LogP contribution in [0.25, 0.3) is 0 Å². The Balaban J connectivity index is 2.29. The van der Waals surface area contributed by atoms with Gasteiger partial charge in [0.2, 0.25) is 0 Å². The van der Waals surface area contributed by atoms with E-state index in [2.05, 4.69) is 9.97 Å². The summed E-state index contributed by atoms with van der Waals surface area (Å²) in [5.41, 5.74) is 1.72. The van der Waals surface area contributed by atoms with Crippen LogP contribution in [0.3, 0.4) is 0 Å². The lowest BCUT2D eigenvalue weighted by atomic mass is 10.2. The standard InChI is InChI=1S/C15H17ClFN3/c1-4-13-18-14(16)10(2)15(19-13)20(3)9-11-6-5-7-12(17)8-11/h5-8H,4,9H2,1-3H3. The molecule has 1 aromatic heterocycles. The summed E-state index contributed by atoms with van der Waals surface area (Å²) >= 11 is 6.13. The molecule has 2 rings (SSSR count). The normalized spacial score (nSPS) is 10.7. The largest absolute Gasteiger partial charge is 0.355 e. The van der Waals surface area contributed by atoms with E-state index in [1.165, 1.54) is 12.1 Å². The first-order valence-electron chi connectivity index (χ1n) is 6.50. The third kappa shape index (κ3) is 3.25. The van der Waals surface area contributed by atoms with Crippen LogP contribution >= 0.6 is 11.6 Å². The van der Waals surface area contributed by atoms with Crippen molar-refractivity contribution in [3.63, 3.8) is 0 Å². The van der Waals surface area contributed by atoms with Crippen molar-refractivity contribution in [1.82, 2.24) is 9.97 Å². The van der Waals surface area contributed by atoms with Gasteiger partial charge in [0, 0.05) is 25.6 Å². The molecular weight excluding hydrogens is 277 g/mol. The Kier molecular flexibility index (Phi) is 4.55. The van der Waals surface area contributed by atoms with Crippen LogP contribution in [0, 0.1) is 12.7 Å². The highest BCUT2D eigenvalue weighted by molar-refractivity contribution is 6.30. The van der Waals surface area contributed by atoms with Gasteiger partial charge in [-0.3, -0.25) is 0 Å². The Morgan fingerprint density at radius 3 is 2.70 bits per heavy atom.